The number of nitrogens with one attached hydrogen (secondary N) is 2. The number of halogens is 2. The number of aromatic nitrogens is 2. The molecule has 0 bridgehead atoms. The third-order valence-corrected chi connectivity index (χ3v) is 4.59. The lowest BCUT2D eigenvalue weighted by Gasteiger charge is -2.07. The van der Waals surface area contributed by atoms with Crippen LogP contribution < -0.4 is 15.4 Å². The summed E-state index contributed by atoms with van der Waals surface area (Å²) < 4.78 is 6.48. The number of carbonyl (C=O) groups is 2. The van der Waals surface area contributed by atoms with Gasteiger partial charge in [-0.05, 0) is 36.4 Å². The summed E-state index contributed by atoms with van der Waals surface area (Å²) in [5.74, 6) is 0.0176. The molecule has 1 heterocycles. The third-order valence-electron chi connectivity index (χ3n) is 3.77. The Morgan fingerprint density at radius 2 is 1.82 bits per heavy atom. The average molecular weight is 419 g/mol. The van der Waals surface area contributed by atoms with E-state index in [1.807, 2.05) is 0 Å². The van der Waals surface area contributed by atoms with Crippen LogP contribution in [0.3, 0.4) is 0 Å². The zero-order chi connectivity index (χ0) is 20.1. The van der Waals surface area contributed by atoms with Crippen LogP contribution in [0.25, 0.3) is 0 Å². The molecule has 0 fully saturated rings. The second-order valence-electron chi connectivity index (χ2n) is 5.76. The van der Waals surface area contributed by atoms with Crippen LogP contribution in [-0.2, 0) is 11.3 Å². The standard InChI is InChI=1S/C19H16Cl2N4O3/c1-28-14-7-5-12(6-8-14)23-17(26)11-25-10-13(9-22-25)24-19(27)15-3-2-4-16(20)18(15)21/h2-10H,11H2,1H3,(H,23,26)(H,24,27). The molecule has 2 N–H and O–H groups in total. The van der Waals surface area contributed by atoms with Crippen LogP contribution in [0.5, 0.6) is 5.75 Å². The van der Waals surface area contributed by atoms with E-state index >= 15 is 0 Å². The van der Waals surface area contributed by atoms with Gasteiger partial charge in [-0.3, -0.25) is 14.3 Å². The predicted molar refractivity (Wildman–Crippen MR) is 108 cm³/mol. The topological polar surface area (TPSA) is 85.2 Å². The van der Waals surface area contributed by atoms with E-state index in [4.69, 9.17) is 27.9 Å². The lowest BCUT2D eigenvalue weighted by atomic mass is 10.2. The van der Waals surface area contributed by atoms with E-state index in [-0.39, 0.29) is 23.0 Å². The Balaban J connectivity index is 1.59. The number of rotatable bonds is 6. The number of ether oxygens (including phenoxy) is 1. The van der Waals surface area contributed by atoms with Crippen LogP contribution in [0.2, 0.25) is 10.0 Å². The molecule has 1 aromatic heterocycles. The van der Waals surface area contributed by atoms with Crippen molar-refractivity contribution in [1.29, 1.82) is 0 Å². The molecule has 0 aliphatic carbocycles. The molecule has 28 heavy (non-hydrogen) atoms. The average Bonchev–Trinajstić information content (AvgIpc) is 3.11. The summed E-state index contributed by atoms with van der Waals surface area (Å²) in [5.41, 5.74) is 1.32. The van der Waals surface area contributed by atoms with Gasteiger partial charge in [-0.1, -0.05) is 29.3 Å². The monoisotopic (exact) mass is 418 g/mol. The zero-order valence-electron chi connectivity index (χ0n) is 14.8. The molecule has 0 aliphatic heterocycles. The first-order valence-corrected chi connectivity index (χ1v) is 8.93. The van der Waals surface area contributed by atoms with Gasteiger partial charge in [0.25, 0.3) is 5.91 Å². The van der Waals surface area contributed by atoms with Crippen molar-refractivity contribution in [3.05, 3.63) is 70.5 Å². The van der Waals surface area contributed by atoms with Gasteiger partial charge in [0.1, 0.15) is 12.3 Å². The highest BCUT2D eigenvalue weighted by Crippen LogP contribution is 2.26. The minimum absolute atomic E-state index is 0.0141. The van der Waals surface area contributed by atoms with Crippen LogP contribution in [0.1, 0.15) is 10.4 Å². The molecule has 0 aliphatic rings. The van der Waals surface area contributed by atoms with Crippen LogP contribution in [0.15, 0.2) is 54.9 Å². The van der Waals surface area contributed by atoms with Crippen molar-refractivity contribution >= 4 is 46.4 Å². The maximum absolute atomic E-state index is 12.3. The summed E-state index contributed by atoms with van der Waals surface area (Å²) >= 11 is 12.0. The van der Waals surface area contributed by atoms with Gasteiger partial charge in [-0.2, -0.15) is 5.10 Å². The normalized spacial score (nSPS) is 10.4. The molecular weight excluding hydrogens is 403 g/mol. The SMILES string of the molecule is COc1ccc(NC(=O)Cn2cc(NC(=O)c3cccc(Cl)c3Cl)cn2)cc1. The van der Waals surface area contributed by atoms with Crippen molar-refractivity contribution in [1.82, 2.24) is 9.78 Å². The van der Waals surface area contributed by atoms with Crippen molar-refractivity contribution in [2.45, 2.75) is 6.54 Å². The predicted octanol–water partition coefficient (Wildman–Crippen LogP) is 4.09. The van der Waals surface area contributed by atoms with Crippen molar-refractivity contribution in [2.24, 2.45) is 0 Å². The van der Waals surface area contributed by atoms with Crippen LogP contribution in [-0.4, -0.2) is 28.7 Å². The third kappa shape index (κ3) is 4.82. The van der Waals surface area contributed by atoms with Gasteiger partial charge < -0.3 is 15.4 Å². The fourth-order valence-corrected chi connectivity index (χ4v) is 2.80. The van der Waals surface area contributed by atoms with Gasteiger partial charge in [0, 0.05) is 11.9 Å². The largest absolute Gasteiger partial charge is 0.497 e. The minimum Gasteiger partial charge on any atom is -0.497 e. The highest BCUT2D eigenvalue weighted by Gasteiger charge is 2.14. The molecule has 2 aromatic carbocycles. The molecule has 3 rings (SSSR count). The number of anilines is 2. The van der Waals surface area contributed by atoms with Crippen LogP contribution >= 0.6 is 23.2 Å². The van der Waals surface area contributed by atoms with Crippen LogP contribution in [0.4, 0.5) is 11.4 Å². The summed E-state index contributed by atoms with van der Waals surface area (Å²) in [7, 11) is 1.57. The first kappa shape index (κ1) is 19.7. The first-order chi connectivity index (χ1) is 13.5. The van der Waals surface area contributed by atoms with Gasteiger partial charge >= 0.3 is 0 Å². The molecule has 7 nitrogen and oxygen atoms in total. The Kier molecular flexibility index (Phi) is 6.18. The molecule has 0 atom stereocenters. The summed E-state index contributed by atoms with van der Waals surface area (Å²) in [6.45, 7) is -0.0141. The zero-order valence-corrected chi connectivity index (χ0v) is 16.3. The van der Waals surface area contributed by atoms with Crippen molar-refractivity contribution in [2.75, 3.05) is 17.7 Å². The maximum Gasteiger partial charge on any atom is 0.257 e. The second kappa shape index (κ2) is 8.77. The van der Waals surface area contributed by atoms with Gasteiger partial charge in [0.2, 0.25) is 5.91 Å². The Morgan fingerprint density at radius 3 is 2.54 bits per heavy atom. The number of benzene rings is 2. The number of carbonyl (C=O) groups excluding carboxylic acids is 2. The number of nitrogens with zero attached hydrogens (tertiary/aromatic N) is 2. The minimum atomic E-state index is -0.422. The van der Waals surface area contributed by atoms with Crippen molar-refractivity contribution in [3.8, 4) is 5.75 Å². The molecule has 0 saturated carbocycles. The number of hydrogen-bond acceptors (Lipinski definition) is 4. The van der Waals surface area contributed by atoms with E-state index in [0.717, 1.165) is 0 Å². The fourth-order valence-electron chi connectivity index (χ4n) is 2.41. The van der Waals surface area contributed by atoms with Crippen molar-refractivity contribution in [3.63, 3.8) is 0 Å². The Labute approximate surface area is 171 Å². The van der Waals surface area contributed by atoms with E-state index in [0.29, 0.717) is 22.1 Å². The van der Waals surface area contributed by atoms with Gasteiger partial charge in [-0.15, -0.1) is 0 Å². The lowest BCUT2D eigenvalue weighted by molar-refractivity contribution is -0.116. The molecule has 2 amide bonds. The molecule has 0 saturated heterocycles. The molecular formula is C19H16Cl2N4O3. The molecule has 3 aromatic rings. The van der Waals surface area contributed by atoms with Crippen LogP contribution in [0, 0.1) is 0 Å². The highest BCUT2D eigenvalue weighted by atomic mass is 35.5. The first-order valence-electron chi connectivity index (χ1n) is 8.18. The number of hydrogen-bond donors (Lipinski definition) is 2. The maximum atomic E-state index is 12.3. The lowest BCUT2D eigenvalue weighted by Crippen LogP contribution is -2.19. The highest BCUT2D eigenvalue weighted by molar-refractivity contribution is 6.44. The van der Waals surface area contributed by atoms with E-state index in [1.54, 1.807) is 55.8 Å². The molecule has 0 unspecified atom stereocenters. The quantitative estimate of drug-likeness (QED) is 0.631. The number of methoxy groups -OCH3 is 1. The van der Waals surface area contributed by atoms with E-state index < -0.39 is 5.91 Å². The molecule has 144 valence electrons. The molecule has 9 heteroatoms. The Bertz CT molecular complexity index is 1000. The number of amides is 2. The summed E-state index contributed by atoms with van der Waals surface area (Å²) in [5, 5.41) is 9.97. The summed E-state index contributed by atoms with van der Waals surface area (Å²) in [6.07, 6.45) is 2.99. The van der Waals surface area contributed by atoms with E-state index in [2.05, 4.69) is 15.7 Å². The smallest absolute Gasteiger partial charge is 0.257 e. The second-order valence-corrected chi connectivity index (χ2v) is 6.54. The Hall–Kier alpha value is -3.03. The summed E-state index contributed by atoms with van der Waals surface area (Å²) in [6, 6.07) is 11.8. The van der Waals surface area contributed by atoms with Gasteiger partial charge in [0.15, 0.2) is 0 Å². The Morgan fingerprint density at radius 1 is 1.07 bits per heavy atom. The molecule has 0 radical (unpaired) electrons. The van der Waals surface area contributed by atoms with Crippen molar-refractivity contribution < 1.29 is 14.3 Å². The van der Waals surface area contributed by atoms with Gasteiger partial charge in [0.05, 0.1) is 34.6 Å². The fraction of sp³-hybridized carbons (Fsp3) is 0.105. The summed E-state index contributed by atoms with van der Waals surface area (Å²) in [4.78, 5) is 24.5. The van der Waals surface area contributed by atoms with Gasteiger partial charge in [-0.25, -0.2) is 0 Å². The molecule has 0 spiro atoms. The van der Waals surface area contributed by atoms with E-state index in [9.17, 15) is 9.59 Å². The van der Waals surface area contributed by atoms with E-state index in [1.165, 1.54) is 10.9 Å².